The molecule has 2 atom stereocenters. The van der Waals surface area contributed by atoms with E-state index in [-0.39, 0.29) is 43.1 Å². The summed E-state index contributed by atoms with van der Waals surface area (Å²) in [5.41, 5.74) is 0.401. The predicted molar refractivity (Wildman–Crippen MR) is 113 cm³/mol. The van der Waals surface area contributed by atoms with Gasteiger partial charge in [-0.15, -0.1) is 0 Å². The molecule has 0 aliphatic carbocycles. The van der Waals surface area contributed by atoms with Crippen molar-refractivity contribution in [2.75, 3.05) is 33.6 Å². The van der Waals surface area contributed by atoms with Crippen molar-refractivity contribution >= 4 is 17.7 Å². The number of piperidine rings is 1. The van der Waals surface area contributed by atoms with Crippen LogP contribution in [0.25, 0.3) is 0 Å². The summed E-state index contributed by atoms with van der Waals surface area (Å²) in [6.45, 7) is 5.15. The van der Waals surface area contributed by atoms with E-state index in [0.717, 1.165) is 6.42 Å². The average molecular weight is 434 g/mol. The highest BCUT2D eigenvalue weighted by atomic mass is 16.7. The average Bonchev–Trinajstić information content (AvgIpc) is 3.25. The van der Waals surface area contributed by atoms with E-state index in [4.69, 9.17) is 14.2 Å². The number of methoxy groups -OCH3 is 1. The first-order valence-corrected chi connectivity index (χ1v) is 10.7. The van der Waals surface area contributed by atoms with E-state index in [1.807, 2.05) is 13.8 Å². The van der Waals surface area contributed by atoms with Gasteiger partial charge in [0, 0.05) is 31.8 Å². The molecular formula is C22H31N3O6. The Morgan fingerprint density at radius 2 is 1.87 bits per heavy atom. The van der Waals surface area contributed by atoms with Gasteiger partial charge in [0.05, 0.1) is 0 Å². The van der Waals surface area contributed by atoms with Crippen molar-refractivity contribution in [2.24, 2.45) is 5.92 Å². The van der Waals surface area contributed by atoms with E-state index in [2.05, 4.69) is 10.6 Å². The molecule has 2 heterocycles. The number of nitrogens with zero attached hydrogens (tertiary/aromatic N) is 1. The molecule has 31 heavy (non-hydrogen) atoms. The van der Waals surface area contributed by atoms with Crippen LogP contribution in [0.15, 0.2) is 18.2 Å². The van der Waals surface area contributed by atoms with Gasteiger partial charge in [0.2, 0.25) is 18.6 Å². The van der Waals surface area contributed by atoms with E-state index < -0.39 is 6.04 Å². The van der Waals surface area contributed by atoms with Crippen molar-refractivity contribution in [3.63, 3.8) is 0 Å². The van der Waals surface area contributed by atoms with Gasteiger partial charge in [-0.25, -0.2) is 0 Å². The zero-order valence-electron chi connectivity index (χ0n) is 18.3. The van der Waals surface area contributed by atoms with Crippen molar-refractivity contribution in [3.05, 3.63) is 23.8 Å². The first-order chi connectivity index (χ1) is 14.9. The van der Waals surface area contributed by atoms with E-state index in [1.165, 1.54) is 7.11 Å². The van der Waals surface area contributed by atoms with Gasteiger partial charge < -0.3 is 29.7 Å². The summed E-state index contributed by atoms with van der Waals surface area (Å²) in [4.78, 5) is 39.8. The summed E-state index contributed by atoms with van der Waals surface area (Å²) in [7, 11) is 1.49. The molecule has 1 aromatic carbocycles. The third-order valence-electron chi connectivity index (χ3n) is 5.84. The molecule has 2 N–H and O–H groups in total. The van der Waals surface area contributed by atoms with Gasteiger partial charge in [0.1, 0.15) is 12.6 Å². The van der Waals surface area contributed by atoms with Crippen molar-refractivity contribution < 1.29 is 28.6 Å². The minimum absolute atomic E-state index is 0.000755. The molecule has 0 saturated carbocycles. The van der Waals surface area contributed by atoms with Crippen LogP contribution in [0.1, 0.15) is 43.5 Å². The van der Waals surface area contributed by atoms with Crippen molar-refractivity contribution in [3.8, 4) is 11.5 Å². The van der Waals surface area contributed by atoms with Gasteiger partial charge in [-0.05, 0) is 50.3 Å². The van der Waals surface area contributed by atoms with Crippen LogP contribution in [0.3, 0.4) is 0 Å². The highest BCUT2D eigenvalue weighted by Crippen LogP contribution is 2.32. The van der Waals surface area contributed by atoms with Gasteiger partial charge in [-0.3, -0.25) is 14.4 Å². The van der Waals surface area contributed by atoms with E-state index >= 15 is 0 Å². The number of carbonyl (C=O) groups excluding carboxylic acids is 3. The molecule has 0 radical (unpaired) electrons. The lowest BCUT2D eigenvalue weighted by Crippen LogP contribution is -2.55. The molecule has 1 saturated heterocycles. The summed E-state index contributed by atoms with van der Waals surface area (Å²) in [5.74, 6) is 0.416. The Hall–Kier alpha value is -2.81. The van der Waals surface area contributed by atoms with Crippen LogP contribution in [-0.2, 0) is 14.3 Å². The van der Waals surface area contributed by atoms with E-state index in [0.29, 0.717) is 43.0 Å². The molecular weight excluding hydrogens is 402 g/mol. The summed E-state index contributed by atoms with van der Waals surface area (Å²) >= 11 is 0. The van der Waals surface area contributed by atoms with Crippen molar-refractivity contribution in [1.29, 1.82) is 0 Å². The smallest absolute Gasteiger partial charge is 0.252 e. The van der Waals surface area contributed by atoms with Crippen molar-refractivity contribution in [1.82, 2.24) is 15.5 Å². The minimum atomic E-state index is -0.688. The van der Waals surface area contributed by atoms with Crippen LogP contribution in [-0.4, -0.2) is 68.3 Å². The number of benzene rings is 1. The Balaban J connectivity index is 1.70. The zero-order valence-corrected chi connectivity index (χ0v) is 18.3. The number of hydrogen-bond acceptors (Lipinski definition) is 6. The quantitative estimate of drug-likeness (QED) is 0.640. The molecule has 9 nitrogen and oxygen atoms in total. The maximum atomic E-state index is 13.0. The largest absolute Gasteiger partial charge is 0.454 e. The first kappa shape index (κ1) is 22.9. The van der Waals surface area contributed by atoms with Gasteiger partial charge in [-0.2, -0.15) is 0 Å². The summed E-state index contributed by atoms with van der Waals surface area (Å²) in [6.07, 6.45) is 2.03. The fraction of sp³-hybridized carbons (Fsp3) is 0.591. The van der Waals surface area contributed by atoms with Gasteiger partial charge in [0.15, 0.2) is 11.5 Å². The summed E-state index contributed by atoms with van der Waals surface area (Å²) in [5, 5.41) is 5.90. The number of rotatable bonds is 8. The fourth-order valence-corrected chi connectivity index (χ4v) is 3.79. The van der Waals surface area contributed by atoms with Crippen LogP contribution < -0.4 is 20.1 Å². The Bertz CT molecular complexity index is 806. The van der Waals surface area contributed by atoms with Crippen molar-refractivity contribution in [2.45, 2.75) is 45.2 Å². The molecule has 9 heteroatoms. The standard InChI is InChI=1S/C22H31N3O6/c1-4-14(2)23-22(28)20(15-7-9-25(10-8-15)19(26)12-29-3)24-21(27)16-5-6-17-18(11-16)31-13-30-17/h5-6,11,14-15,20H,4,7-10,12-13H2,1-3H3,(H,23,28)(H,24,27)/t14-,20+/m1/s1. The Kier molecular flexibility index (Phi) is 7.73. The predicted octanol–water partition coefficient (Wildman–Crippen LogP) is 1.31. The van der Waals surface area contributed by atoms with Crippen LogP contribution in [0.4, 0.5) is 0 Å². The number of carbonyl (C=O) groups is 3. The maximum Gasteiger partial charge on any atom is 0.252 e. The lowest BCUT2D eigenvalue weighted by Gasteiger charge is -2.36. The molecule has 0 bridgehead atoms. The SMILES string of the molecule is CC[C@@H](C)NC(=O)[C@@H](NC(=O)c1ccc2c(c1)OCO2)C1CCN(C(=O)COC)CC1. The number of fused-ring (bicyclic) bond motifs is 1. The molecule has 3 amide bonds. The normalized spacial score (nSPS) is 17.7. The van der Waals surface area contributed by atoms with E-state index in [1.54, 1.807) is 23.1 Å². The highest BCUT2D eigenvalue weighted by Gasteiger charge is 2.34. The second-order valence-corrected chi connectivity index (χ2v) is 7.99. The van der Waals surface area contributed by atoms with Crippen LogP contribution in [0, 0.1) is 5.92 Å². The minimum Gasteiger partial charge on any atom is -0.454 e. The zero-order chi connectivity index (χ0) is 22.4. The monoisotopic (exact) mass is 433 g/mol. The Morgan fingerprint density at radius 3 is 2.55 bits per heavy atom. The topological polar surface area (TPSA) is 106 Å². The van der Waals surface area contributed by atoms with Crippen LogP contribution in [0.5, 0.6) is 11.5 Å². The molecule has 0 unspecified atom stereocenters. The van der Waals surface area contributed by atoms with Gasteiger partial charge in [0.25, 0.3) is 5.91 Å². The first-order valence-electron chi connectivity index (χ1n) is 10.7. The molecule has 2 aliphatic heterocycles. The number of ether oxygens (including phenoxy) is 3. The molecule has 2 aliphatic rings. The number of nitrogens with one attached hydrogen (secondary N) is 2. The Labute approximate surface area is 182 Å². The molecule has 3 rings (SSSR count). The lowest BCUT2D eigenvalue weighted by atomic mass is 9.88. The van der Waals surface area contributed by atoms with Crippen LogP contribution >= 0.6 is 0 Å². The number of hydrogen-bond donors (Lipinski definition) is 2. The third kappa shape index (κ3) is 5.66. The van der Waals surface area contributed by atoms with Gasteiger partial charge in [-0.1, -0.05) is 6.92 Å². The van der Waals surface area contributed by atoms with Crippen LogP contribution in [0.2, 0.25) is 0 Å². The second-order valence-electron chi connectivity index (χ2n) is 7.99. The molecule has 0 spiro atoms. The third-order valence-corrected chi connectivity index (χ3v) is 5.84. The highest BCUT2D eigenvalue weighted by molar-refractivity contribution is 5.98. The molecule has 170 valence electrons. The lowest BCUT2D eigenvalue weighted by molar-refractivity contribution is -0.136. The molecule has 1 aromatic rings. The fourth-order valence-electron chi connectivity index (χ4n) is 3.79. The molecule has 1 fully saturated rings. The number of amides is 3. The number of likely N-dealkylation sites (tertiary alicyclic amines) is 1. The van der Waals surface area contributed by atoms with Gasteiger partial charge >= 0.3 is 0 Å². The second kappa shape index (κ2) is 10.5. The maximum absolute atomic E-state index is 13.0. The summed E-state index contributed by atoms with van der Waals surface area (Å²) < 4.78 is 15.6. The Morgan fingerprint density at radius 1 is 1.16 bits per heavy atom. The van der Waals surface area contributed by atoms with E-state index in [9.17, 15) is 14.4 Å². The summed E-state index contributed by atoms with van der Waals surface area (Å²) in [6, 6.07) is 4.27. The molecule has 0 aromatic heterocycles.